The second kappa shape index (κ2) is 7.24. The molecule has 2 rings (SSSR count). The first-order valence-electron chi connectivity index (χ1n) is 5.80. The van der Waals surface area contributed by atoms with E-state index in [1.807, 2.05) is 29.6 Å². The first kappa shape index (κ1) is 13.2. The van der Waals surface area contributed by atoms with E-state index in [2.05, 4.69) is 22.8 Å². The van der Waals surface area contributed by atoms with Crippen LogP contribution in [0.1, 0.15) is 12.0 Å². The highest BCUT2D eigenvalue weighted by molar-refractivity contribution is 7.99. The highest BCUT2D eigenvalue weighted by Gasteiger charge is 2.02. The van der Waals surface area contributed by atoms with Crippen LogP contribution in [0.3, 0.4) is 0 Å². The molecule has 0 spiro atoms. The minimum Gasteiger partial charge on any atom is -0.352 e. The normalized spacial score (nSPS) is 10.2. The highest BCUT2D eigenvalue weighted by atomic mass is 32.2. The third-order valence-corrected chi connectivity index (χ3v) is 4.16. The van der Waals surface area contributed by atoms with Crippen molar-refractivity contribution >= 4 is 29.0 Å². The van der Waals surface area contributed by atoms with Gasteiger partial charge in [0.1, 0.15) is 0 Å². The van der Waals surface area contributed by atoms with Crippen LogP contribution >= 0.6 is 23.1 Å². The number of hydrogen-bond acceptors (Lipinski definition) is 3. The summed E-state index contributed by atoms with van der Waals surface area (Å²) in [4.78, 5) is 12.8. The van der Waals surface area contributed by atoms with Crippen LogP contribution in [0.5, 0.6) is 0 Å². The van der Waals surface area contributed by atoms with E-state index in [1.54, 1.807) is 23.1 Å². The Morgan fingerprint density at radius 1 is 1.22 bits per heavy atom. The molecule has 0 aliphatic rings. The third kappa shape index (κ3) is 4.55. The average molecular weight is 277 g/mol. The van der Waals surface area contributed by atoms with Gasteiger partial charge in [-0.3, -0.25) is 4.79 Å². The monoisotopic (exact) mass is 277 g/mol. The number of nitrogens with one attached hydrogen (secondary N) is 1. The van der Waals surface area contributed by atoms with Crippen LogP contribution < -0.4 is 5.32 Å². The summed E-state index contributed by atoms with van der Waals surface area (Å²) in [7, 11) is 0. The van der Waals surface area contributed by atoms with Crippen molar-refractivity contribution in [1.82, 2.24) is 5.32 Å². The van der Waals surface area contributed by atoms with Crippen LogP contribution in [-0.2, 0) is 11.3 Å². The van der Waals surface area contributed by atoms with E-state index in [-0.39, 0.29) is 5.91 Å². The zero-order valence-corrected chi connectivity index (χ0v) is 11.6. The van der Waals surface area contributed by atoms with Crippen molar-refractivity contribution in [2.45, 2.75) is 17.9 Å². The maximum atomic E-state index is 11.6. The first-order chi connectivity index (χ1) is 8.84. The van der Waals surface area contributed by atoms with Gasteiger partial charge in [0.2, 0.25) is 5.91 Å². The summed E-state index contributed by atoms with van der Waals surface area (Å²) in [5, 5.41) is 7.00. The molecule has 1 amide bonds. The molecule has 0 aliphatic carbocycles. The van der Waals surface area contributed by atoms with E-state index >= 15 is 0 Å². The Morgan fingerprint density at radius 2 is 2.06 bits per heavy atom. The molecule has 0 aliphatic heterocycles. The molecule has 0 atom stereocenters. The fourth-order valence-corrected chi connectivity index (χ4v) is 3.00. The molecule has 2 aromatic rings. The summed E-state index contributed by atoms with van der Waals surface area (Å²) in [6.45, 7) is 0.637. The number of hydrogen-bond donors (Lipinski definition) is 1. The Bertz CT molecular complexity index is 468. The first-order valence-corrected chi connectivity index (χ1v) is 7.73. The molecule has 4 heteroatoms. The lowest BCUT2D eigenvalue weighted by Crippen LogP contribution is -2.22. The second-order valence-corrected chi connectivity index (χ2v) is 5.77. The number of carbonyl (C=O) groups excluding carboxylic acids is 1. The molecule has 94 valence electrons. The Kier molecular flexibility index (Phi) is 5.30. The molecule has 0 unspecified atom stereocenters. The zero-order valence-electron chi connectivity index (χ0n) is 9.96. The van der Waals surface area contributed by atoms with Gasteiger partial charge in [0.15, 0.2) is 0 Å². The predicted molar refractivity (Wildman–Crippen MR) is 77.9 cm³/mol. The number of rotatable bonds is 6. The fourth-order valence-electron chi connectivity index (χ4n) is 1.46. The molecule has 0 saturated carbocycles. The van der Waals surface area contributed by atoms with Crippen LogP contribution in [0.4, 0.5) is 0 Å². The summed E-state index contributed by atoms with van der Waals surface area (Å²) >= 11 is 3.36. The summed E-state index contributed by atoms with van der Waals surface area (Å²) in [5.41, 5.74) is 1.17. The molecule has 18 heavy (non-hydrogen) atoms. The van der Waals surface area contributed by atoms with Gasteiger partial charge in [-0.05, 0) is 34.5 Å². The Morgan fingerprint density at radius 3 is 2.78 bits per heavy atom. The molecule has 0 fully saturated rings. The maximum Gasteiger partial charge on any atom is 0.221 e. The highest BCUT2D eigenvalue weighted by Crippen LogP contribution is 2.17. The van der Waals surface area contributed by atoms with Crippen LogP contribution in [0.15, 0.2) is 52.1 Å². The fraction of sp³-hybridized carbons (Fsp3) is 0.214. The molecule has 1 N–H and O–H groups in total. The number of amides is 1. The zero-order chi connectivity index (χ0) is 12.6. The lowest BCUT2D eigenvalue weighted by Gasteiger charge is -2.04. The van der Waals surface area contributed by atoms with Crippen molar-refractivity contribution in [3.8, 4) is 0 Å². The topological polar surface area (TPSA) is 29.1 Å². The molecule has 0 saturated heterocycles. The van der Waals surface area contributed by atoms with Crippen LogP contribution in [0.25, 0.3) is 0 Å². The van der Waals surface area contributed by atoms with Gasteiger partial charge in [-0.15, -0.1) is 11.8 Å². The van der Waals surface area contributed by atoms with Crippen molar-refractivity contribution in [1.29, 1.82) is 0 Å². The molecule has 1 heterocycles. The quantitative estimate of drug-likeness (QED) is 0.818. The van der Waals surface area contributed by atoms with Crippen molar-refractivity contribution in [3.63, 3.8) is 0 Å². The van der Waals surface area contributed by atoms with Gasteiger partial charge in [-0.25, -0.2) is 0 Å². The van der Waals surface area contributed by atoms with Gasteiger partial charge in [-0.1, -0.05) is 18.2 Å². The van der Waals surface area contributed by atoms with Gasteiger partial charge in [0, 0.05) is 23.6 Å². The van der Waals surface area contributed by atoms with Crippen molar-refractivity contribution in [2.24, 2.45) is 0 Å². The largest absolute Gasteiger partial charge is 0.352 e. The molecule has 1 aromatic heterocycles. The van der Waals surface area contributed by atoms with E-state index < -0.39 is 0 Å². The summed E-state index contributed by atoms with van der Waals surface area (Å²) in [6.07, 6.45) is 0.559. The van der Waals surface area contributed by atoms with Crippen molar-refractivity contribution in [3.05, 3.63) is 52.7 Å². The van der Waals surface area contributed by atoms with Crippen molar-refractivity contribution in [2.75, 3.05) is 5.75 Å². The Hall–Kier alpha value is -1.26. The smallest absolute Gasteiger partial charge is 0.221 e. The van der Waals surface area contributed by atoms with E-state index in [0.717, 1.165) is 5.75 Å². The minimum atomic E-state index is 0.115. The summed E-state index contributed by atoms with van der Waals surface area (Å²) < 4.78 is 0. The van der Waals surface area contributed by atoms with Crippen LogP contribution in [-0.4, -0.2) is 11.7 Å². The third-order valence-electron chi connectivity index (χ3n) is 2.41. The number of benzene rings is 1. The van der Waals surface area contributed by atoms with E-state index in [0.29, 0.717) is 13.0 Å². The van der Waals surface area contributed by atoms with E-state index in [4.69, 9.17) is 0 Å². The van der Waals surface area contributed by atoms with E-state index in [9.17, 15) is 4.79 Å². The van der Waals surface area contributed by atoms with E-state index in [1.165, 1.54) is 10.5 Å². The molecular weight excluding hydrogens is 262 g/mol. The Balaban J connectivity index is 1.63. The van der Waals surface area contributed by atoms with Gasteiger partial charge in [0.25, 0.3) is 0 Å². The summed E-state index contributed by atoms with van der Waals surface area (Å²) in [6, 6.07) is 12.2. The van der Waals surface area contributed by atoms with Crippen LogP contribution in [0, 0.1) is 0 Å². The average Bonchev–Trinajstić information content (AvgIpc) is 2.91. The minimum absolute atomic E-state index is 0.115. The van der Waals surface area contributed by atoms with Gasteiger partial charge in [0.05, 0.1) is 0 Å². The molecule has 0 bridgehead atoms. The molecule has 2 nitrogen and oxygen atoms in total. The van der Waals surface area contributed by atoms with Crippen LogP contribution in [0.2, 0.25) is 0 Å². The lowest BCUT2D eigenvalue weighted by atomic mass is 10.3. The van der Waals surface area contributed by atoms with Crippen molar-refractivity contribution < 1.29 is 4.79 Å². The maximum absolute atomic E-state index is 11.6. The van der Waals surface area contributed by atoms with Gasteiger partial charge < -0.3 is 5.32 Å². The number of thiophene rings is 1. The number of thioether (sulfide) groups is 1. The predicted octanol–water partition coefficient (Wildman–Crippen LogP) is 3.55. The lowest BCUT2D eigenvalue weighted by molar-refractivity contribution is -0.120. The number of carbonyl (C=O) groups is 1. The molecular formula is C14H15NOS2. The standard InChI is InChI=1S/C14H15NOS2/c16-14(15-10-12-6-8-17-11-12)7-9-18-13-4-2-1-3-5-13/h1-6,8,11H,7,9-10H2,(H,15,16). The molecule has 1 aromatic carbocycles. The second-order valence-electron chi connectivity index (χ2n) is 3.82. The SMILES string of the molecule is O=C(CCSc1ccccc1)NCc1ccsc1. The van der Waals surface area contributed by atoms with Gasteiger partial charge in [-0.2, -0.15) is 11.3 Å². The molecule has 0 radical (unpaired) electrons. The van der Waals surface area contributed by atoms with Gasteiger partial charge >= 0.3 is 0 Å². The Labute approximate surface area is 115 Å². The summed E-state index contributed by atoms with van der Waals surface area (Å²) in [5.74, 6) is 0.934.